The Labute approximate surface area is 169 Å². The molecule has 10 heteroatoms. The van der Waals surface area contributed by atoms with Gasteiger partial charge >= 0.3 is 12.3 Å². The molecule has 0 saturated carbocycles. The lowest BCUT2D eigenvalue weighted by Crippen LogP contribution is -2.25. The quantitative estimate of drug-likeness (QED) is 0.451. The van der Waals surface area contributed by atoms with E-state index < -0.39 is 12.3 Å². The number of ether oxygens (including phenoxy) is 3. The molecule has 0 fully saturated rings. The Hall–Kier alpha value is -2.59. The molecule has 0 aliphatic carbocycles. The van der Waals surface area contributed by atoms with Crippen LogP contribution in [0.2, 0.25) is 0 Å². The first-order valence-electron chi connectivity index (χ1n) is 8.73. The normalized spacial score (nSPS) is 14.6. The molecular formula is C19H19F2NO6S. The summed E-state index contributed by atoms with van der Waals surface area (Å²) in [5.74, 6) is 0.669. The van der Waals surface area contributed by atoms with E-state index in [0.29, 0.717) is 48.3 Å². The van der Waals surface area contributed by atoms with E-state index in [4.69, 9.17) is 14.3 Å². The van der Waals surface area contributed by atoms with Crippen LogP contribution in [0.3, 0.4) is 0 Å². The fraction of sp³-hybridized carbons (Fsp3) is 0.368. The van der Waals surface area contributed by atoms with Crippen molar-refractivity contribution < 1.29 is 37.3 Å². The minimum absolute atomic E-state index is 0.0370. The number of halogens is 2. The third kappa shape index (κ3) is 5.94. The Morgan fingerprint density at radius 1 is 1.31 bits per heavy atom. The summed E-state index contributed by atoms with van der Waals surface area (Å²) in [4.78, 5) is 14.8. The van der Waals surface area contributed by atoms with E-state index in [1.165, 1.54) is 23.9 Å². The van der Waals surface area contributed by atoms with Crippen LogP contribution in [0.15, 0.2) is 34.8 Å². The summed E-state index contributed by atoms with van der Waals surface area (Å²) >= 11 is 1.31. The molecule has 0 bridgehead atoms. The van der Waals surface area contributed by atoms with E-state index in [1.54, 1.807) is 13.0 Å². The van der Waals surface area contributed by atoms with Crippen LogP contribution in [0.4, 0.5) is 8.78 Å². The summed E-state index contributed by atoms with van der Waals surface area (Å²) in [6, 6.07) is 4.35. The minimum atomic E-state index is -3.67. The maximum atomic E-state index is 13.1. The summed E-state index contributed by atoms with van der Waals surface area (Å²) in [5, 5.41) is 8.53. The number of aliphatic carboxylic acids is 1. The number of thioether (sulfide) groups is 1. The number of aromatic nitrogens is 1. The van der Waals surface area contributed by atoms with E-state index in [1.807, 2.05) is 12.2 Å². The molecule has 1 N–H and O–H groups in total. The maximum absolute atomic E-state index is 13.1. The molecule has 156 valence electrons. The number of nitrogens with zero attached hydrogens (tertiary/aromatic N) is 1. The number of carbonyl (C=O) groups is 1. The number of alkyl halides is 2. The molecule has 0 unspecified atom stereocenters. The summed E-state index contributed by atoms with van der Waals surface area (Å²) in [7, 11) is 0. The molecule has 0 spiro atoms. The maximum Gasteiger partial charge on any atom is 0.586 e. The lowest BCUT2D eigenvalue weighted by atomic mass is 10.2. The minimum Gasteiger partial charge on any atom is -0.481 e. The number of hydrogen-bond donors (Lipinski definition) is 1. The topological polar surface area (TPSA) is 91.0 Å². The van der Waals surface area contributed by atoms with E-state index in [9.17, 15) is 13.6 Å². The summed E-state index contributed by atoms with van der Waals surface area (Å²) in [5.41, 5.74) is 1.21. The molecule has 1 aliphatic heterocycles. The van der Waals surface area contributed by atoms with Gasteiger partial charge in [-0.1, -0.05) is 12.2 Å². The van der Waals surface area contributed by atoms with Crippen LogP contribution in [0.25, 0.3) is 11.5 Å². The van der Waals surface area contributed by atoms with Gasteiger partial charge in [0.25, 0.3) is 0 Å². The van der Waals surface area contributed by atoms with Crippen molar-refractivity contribution in [3.8, 4) is 23.0 Å². The predicted molar refractivity (Wildman–Crippen MR) is 102 cm³/mol. The van der Waals surface area contributed by atoms with Gasteiger partial charge in [-0.2, -0.15) is 0 Å². The lowest BCUT2D eigenvalue weighted by Gasteiger charge is -2.04. The average Bonchev–Trinajstić information content (AvgIpc) is 3.17. The van der Waals surface area contributed by atoms with Crippen molar-refractivity contribution in [2.24, 2.45) is 0 Å². The summed E-state index contributed by atoms with van der Waals surface area (Å²) in [6.45, 7) is 2.60. The molecule has 2 heterocycles. The Morgan fingerprint density at radius 3 is 2.90 bits per heavy atom. The second-order valence-electron chi connectivity index (χ2n) is 6.06. The van der Waals surface area contributed by atoms with Gasteiger partial charge in [0, 0.05) is 17.7 Å². The van der Waals surface area contributed by atoms with Crippen LogP contribution in [-0.4, -0.2) is 47.1 Å². The average molecular weight is 427 g/mol. The van der Waals surface area contributed by atoms with Gasteiger partial charge in [-0.05, 0) is 25.1 Å². The number of carboxylic acids is 1. The van der Waals surface area contributed by atoms with Crippen LogP contribution in [0, 0.1) is 6.92 Å². The number of aryl methyl sites for hydroxylation is 1. The molecule has 3 rings (SSSR count). The van der Waals surface area contributed by atoms with Crippen molar-refractivity contribution >= 4 is 17.7 Å². The SMILES string of the molecule is Cc1oc(-c2ccc3c(c2)OC(F)(F)O3)nc1CCOC/C=C/CSCC(=O)O. The number of benzene rings is 1. The third-order valence-corrected chi connectivity index (χ3v) is 4.72. The highest BCUT2D eigenvalue weighted by Crippen LogP contribution is 2.42. The van der Waals surface area contributed by atoms with Crippen molar-refractivity contribution in [2.45, 2.75) is 19.6 Å². The highest BCUT2D eigenvalue weighted by Gasteiger charge is 2.43. The van der Waals surface area contributed by atoms with Gasteiger partial charge in [-0.15, -0.1) is 20.5 Å². The molecule has 0 saturated heterocycles. The fourth-order valence-corrected chi connectivity index (χ4v) is 3.10. The van der Waals surface area contributed by atoms with Crippen molar-refractivity contribution in [2.75, 3.05) is 24.7 Å². The molecule has 1 aromatic carbocycles. The highest BCUT2D eigenvalue weighted by atomic mass is 32.2. The van der Waals surface area contributed by atoms with Crippen LogP contribution in [-0.2, 0) is 16.0 Å². The van der Waals surface area contributed by atoms with Crippen molar-refractivity contribution in [3.63, 3.8) is 0 Å². The van der Waals surface area contributed by atoms with E-state index in [0.717, 1.165) is 0 Å². The molecule has 29 heavy (non-hydrogen) atoms. The smallest absolute Gasteiger partial charge is 0.481 e. The molecule has 1 aromatic heterocycles. The van der Waals surface area contributed by atoms with Gasteiger partial charge < -0.3 is 23.7 Å². The first-order chi connectivity index (χ1) is 13.8. The largest absolute Gasteiger partial charge is 0.586 e. The van der Waals surface area contributed by atoms with Gasteiger partial charge in [0.15, 0.2) is 11.5 Å². The van der Waals surface area contributed by atoms with Gasteiger partial charge in [-0.3, -0.25) is 4.79 Å². The van der Waals surface area contributed by atoms with E-state index in [-0.39, 0.29) is 17.3 Å². The number of hydrogen-bond acceptors (Lipinski definition) is 7. The summed E-state index contributed by atoms with van der Waals surface area (Å²) < 4.78 is 46.2. The Bertz CT molecular complexity index is 899. The van der Waals surface area contributed by atoms with Gasteiger partial charge in [0.1, 0.15) is 5.76 Å². The second-order valence-corrected chi connectivity index (χ2v) is 7.09. The van der Waals surface area contributed by atoms with Gasteiger partial charge in [0.2, 0.25) is 5.89 Å². The van der Waals surface area contributed by atoms with Crippen LogP contribution >= 0.6 is 11.8 Å². The number of fused-ring (bicyclic) bond motifs is 1. The zero-order valence-corrected chi connectivity index (χ0v) is 16.3. The molecule has 2 aromatic rings. The molecule has 0 atom stereocenters. The predicted octanol–water partition coefficient (Wildman–Crippen LogP) is 3.90. The second kappa shape index (κ2) is 9.27. The zero-order chi connectivity index (χ0) is 20.9. The number of carboxylic acid groups (broad SMARTS) is 1. The zero-order valence-electron chi connectivity index (χ0n) is 15.5. The van der Waals surface area contributed by atoms with Gasteiger partial charge in [0.05, 0.1) is 24.7 Å². The van der Waals surface area contributed by atoms with Crippen LogP contribution in [0.5, 0.6) is 11.5 Å². The lowest BCUT2D eigenvalue weighted by molar-refractivity contribution is -0.286. The molecule has 1 aliphatic rings. The Kier molecular flexibility index (Phi) is 6.75. The van der Waals surface area contributed by atoms with Crippen molar-refractivity contribution in [1.82, 2.24) is 4.98 Å². The first kappa shape index (κ1) is 21.1. The molecule has 7 nitrogen and oxygen atoms in total. The van der Waals surface area contributed by atoms with Crippen LogP contribution < -0.4 is 9.47 Å². The monoisotopic (exact) mass is 427 g/mol. The third-order valence-electron chi connectivity index (χ3n) is 3.84. The molecule has 0 amide bonds. The fourth-order valence-electron chi connectivity index (χ4n) is 2.54. The number of oxazole rings is 1. The van der Waals surface area contributed by atoms with Crippen molar-refractivity contribution in [3.05, 3.63) is 41.8 Å². The van der Waals surface area contributed by atoms with Gasteiger partial charge in [-0.25, -0.2) is 4.98 Å². The van der Waals surface area contributed by atoms with Crippen LogP contribution in [0.1, 0.15) is 11.5 Å². The van der Waals surface area contributed by atoms with E-state index >= 15 is 0 Å². The Morgan fingerprint density at radius 2 is 2.10 bits per heavy atom. The van der Waals surface area contributed by atoms with E-state index in [2.05, 4.69) is 14.5 Å². The highest BCUT2D eigenvalue weighted by molar-refractivity contribution is 8.00. The standard InChI is InChI=1S/C19H19F2NO6S/c1-12-14(6-8-25-7-2-3-9-29-11-17(23)24)22-18(26-12)13-4-5-15-16(10-13)28-19(20,21)27-15/h2-5,10H,6-9,11H2,1H3,(H,23,24)/b3-2+. The van der Waals surface area contributed by atoms with Crippen molar-refractivity contribution in [1.29, 1.82) is 0 Å². The first-order valence-corrected chi connectivity index (χ1v) is 9.88. The Balaban J connectivity index is 1.48. The summed E-state index contributed by atoms with van der Waals surface area (Å²) in [6.07, 6.45) is 0.549. The molecular weight excluding hydrogens is 408 g/mol. The molecule has 0 radical (unpaired) electrons. The number of rotatable bonds is 10.